The Morgan fingerprint density at radius 3 is 2.62 bits per heavy atom. The molecule has 0 aliphatic rings. The molecular formula is C16H23N3O2. The third-order valence-corrected chi connectivity index (χ3v) is 3.09. The molecule has 0 unspecified atom stereocenters. The van der Waals surface area contributed by atoms with Crippen molar-refractivity contribution in [2.45, 2.75) is 26.2 Å². The number of rotatable bonds is 10. The highest BCUT2D eigenvalue weighted by atomic mass is 16.5. The Kier molecular flexibility index (Phi) is 7.92. The third kappa shape index (κ3) is 7.33. The fourth-order valence-corrected chi connectivity index (χ4v) is 1.96. The van der Waals surface area contributed by atoms with E-state index in [1.807, 2.05) is 29.2 Å². The molecule has 0 spiro atoms. The van der Waals surface area contributed by atoms with Gasteiger partial charge in [0, 0.05) is 6.54 Å². The largest absolute Gasteiger partial charge is 0.492 e. The molecule has 5 nitrogen and oxygen atoms in total. The molecule has 0 atom stereocenters. The van der Waals surface area contributed by atoms with Crippen molar-refractivity contribution in [1.82, 2.24) is 4.90 Å². The van der Waals surface area contributed by atoms with E-state index in [0.717, 1.165) is 30.7 Å². The van der Waals surface area contributed by atoms with E-state index in [2.05, 4.69) is 13.0 Å². The van der Waals surface area contributed by atoms with Gasteiger partial charge in [-0.05, 0) is 30.7 Å². The van der Waals surface area contributed by atoms with Gasteiger partial charge in [0.2, 0.25) is 5.91 Å². The minimum Gasteiger partial charge on any atom is -0.492 e. The van der Waals surface area contributed by atoms with Crippen LogP contribution < -0.4 is 10.5 Å². The van der Waals surface area contributed by atoms with Crippen LogP contribution in [0.15, 0.2) is 24.3 Å². The molecule has 21 heavy (non-hydrogen) atoms. The molecule has 2 N–H and O–H groups in total. The van der Waals surface area contributed by atoms with Crippen LogP contribution in [-0.2, 0) is 11.2 Å². The Bertz CT molecular complexity index is 465. The van der Waals surface area contributed by atoms with Crippen LogP contribution in [0.25, 0.3) is 0 Å². The van der Waals surface area contributed by atoms with Gasteiger partial charge in [0.15, 0.2) is 0 Å². The highest BCUT2D eigenvalue weighted by molar-refractivity contribution is 5.75. The quantitative estimate of drug-likeness (QED) is 0.711. The lowest BCUT2D eigenvalue weighted by Crippen LogP contribution is -2.37. The van der Waals surface area contributed by atoms with Gasteiger partial charge >= 0.3 is 0 Å². The second-order valence-corrected chi connectivity index (χ2v) is 4.92. The summed E-state index contributed by atoms with van der Waals surface area (Å²) in [5.74, 6) is 0.457. The third-order valence-electron chi connectivity index (χ3n) is 3.09. The number of amides is 1. The number of nitrogens with two attached hydrogens (primary N) is 1. The molecule has 1 aromatic rings. The van der Waals surface area contributed by atoms with Crippen molar-refractivity contribution in [3.63, 3.8) is 0 Å². The highest BCUT2D eigenvalue weighted by Gasteiger charge is 2.07. The maximum absolute atomic E-state index is 11.0. The van der Waals surface area contributed by atoms with E-state index >= 15 is 0 Å². The predicted octanol–water partition coefficient (Wildman–Crippen LogP) is 1.72. The van der Waals surface area contributed by atoms with Crippen molar-refractivity contribution in [2.75, 3.05) is 26.2 Å². The standard InChI is InChI=1S/C16H23N3O2/c1-2-3-10-19(13-16(18)20)11-12-21-15-6-4-14(5-7-15)8-9-17/h4-7H,2-3,8,10-13H2,1H3,(H2,18,20). The average Bonchev–Trinajstić information content (AvgIpc) is 2.46. The van der Waals surface area contributed by atoms with E-state index in [4.69, 9.17) is 15.7 Å². The van der Waals surface area contributed by atoms with Gasteiger partial charge in [0.05, 0.1) is 19.0 Å². The Morgan fingerprint density at radius 1 is 1.33 bits per heavy atom. The van der Waals surface area contributed by atoms with Crippen molar-refractivity contribution in [2.24, 2.45) is 5.73 Å². The smallest absolute Gasteiger partial charge is 0.231 e. The summed E-state index contributed by atoms with van der Waals surface area (Å²) < 4.78 is 5.65. The van der Waals surface area contributed by atoms with E-state index in [1.165, 1.54) is 0 Å². The summed E-state index contributed by atoms with van der Waals surface area (Å²) in [6, 6.07) is 9.60. The zero-order valence-electron chi connectivity index (χ0n) is 12.5. The van der Waals surface area contributed by atoms with Gasteiger partial charge in [-0.15, -0.1) is 0 Å². The molecule has 114 valence electrons. The highest BCUT2D eigenvalue weighted by Crippen LogP contribution is 2.12. The number of nitrogens with zero attached hydrogens (tertiary/aromatic N) is 2. The first-order valence-corrected chi connectivity index (χ1v) is 7.25. The van der Waals surface area contributed by atoms with Crippen LogP contribution in [0.5, 0.6) is 5.75 Å². The van der Waals surface area contributed by atoms with E-state index in [-0.39, 0.29) is 12.5 Å². The summed E-state index contributed by atoms with van der Waals surface area (Å²) in [6.45, 7) is 4.41. The lowest BCUT2D eigenvalue weighted by molar-refractivity contribution is -0.119. The molecule has 0 heterocycles. The zero-order valence-corrected chi connectivity index (χ0v) is 12.5. The summed E-state index contributed by atoms with van der Waals surface area (Å²) in [5.41, 5.74) is 6.22. The van der Waals surface area contributed by atoms with Crippen molar-refractivity contribution in [1.29, 1.82) is 5.26 Å². The zero-order chi connectivity index (χ0) is 15.5. The number of ether oxygens (including phenoxy) is 1. The molecule has 1 rings (SSSR count). The number of carbonyl (C=O) groups is 1. The van der Waals surface area contributed by atoms with Gasteiger partial charge in [-0.2, -0.15) is 5.26 Å². The number of nitriles is 1. The van der Waals surface area contributed by atoms with Gasteiger partial charge in [-0.25, -0.2) is 0 Å². The molecule has 0 bridgehead atoms. The van der Waals surface area contributed by atoms with Gasteiger partial charge in [0.25, 0.3) is 0 Å². The molecule has 0 saturated carbocycles. The van der Waals surface area contributed by atoms with Gasteiger partial charge in [-0.1, -0.05) is 25.5 Å². The molecule has 1 amide bonds. The number of carbonyl (C=O) groups excluding carboxylic acids is 1. The van der Waals surface area contributed by atoms with Gasteiger partial charge in [0.1, 0.15) is 12.4 Å². The number of benzene rings is 1. The second-order valence-electron chi connectivity index (χ2n) is 4.92. The van der Waals surface area contributed by atoms with E-state index < -0.39 is 0 Å². The van der Waals surface area contributed by atoms with E-state index in [0.29, 0.717) is 19.6 Å². The first-order valence-electron chi connectivity index (χ1n) is 7.25. The number of hydrogen-bond acceptors (Lipinski definition) is 4. The van der Waals surface area contributed by atoms with Crippen LogP contribution >= 0.6 is 0 Å². The maximum atomic E-state index is 11.0. The van der Waals surface area contributed by atoms with Gasteiger partial charge in [-0.3, -0.25) is 9.69 Å². The molecule has 0 aliphatic heterocycles. The summed E-state index contributed by atoms with van der Waals surface area (Å²) in [4.78, 5) is 13.0. The molecule has 0 fully saturated rings. The number of unbranched alkanes of at least 4 members (excludes halogenated alkanes) is 1. The van der Waals surface area contributed by atoms with Crippen molar-refractivity contribution < 1.29 is 9.53 Å². The number of hydrogen-bond donors (Lipinski definition) is 1. The predicted molar refractivity (Wildman–Crippen MR) is 81.8 cm³/mol. The fraction of sp³-hybridized carbons (Fsp3) is 0.500. The lowest BCUT2D eigenvalue weighted by Gasteiger charge is -2.20. The Labute approximate surface area is 126 Å². The Hall–Kier alpha value is -2.06. The normalized spacial score (nSPS) is 10.3. The topological polar surface area (TPSA) is 79.3 Å². The van der Waals surface area contributed by atoms with Crippen LogP contribution in [0, 0.1) is 11.3 Å². The molecule has 0 saturated heterocycles. The summed E-state index contributed by atoms with van der Waals surface area (Å²) in [5, 5.41) is 8.61. The van der Waals surface area contributed by atoms with Crippen molar-refractivity contribution in [3.05, 3.63) is 29.8 Å². The maximum Gasteiger partial charge on any atom is 0.231 e. The van der Waals surface area contributed by atoms with Crippen LogP contribution in [0.4, 0.5) is 0 Å². The van der Waals surface area contributed by atoms with Crippen molar-refractivity contribution >= 4 is 5.91 Å². The first-order chi connectivity index (χ1) is 10.2. The molecule has 0 aromatic heterocycles. The molecule has 5 heteroatoms. The van der Waals surface area contributed by atoms with Crippen LogP contribution in [-0.4, -0.2) is 37.0 Å². The minimum absolute atomic E-state index is 0.268. The lowest BCUT2D eigenvalue weighted by atomic mass is 10.2. The monoisotopic (exact) mass is 289 g/mol. The van der Waals surface area contributed by atoms with E-state index in [9.17, 15) is 4.79 Å². The summed E-state index contributed by atoms with van der Waals surface area (Å²) >= 11 is 0. The molecule has 0 radical (unpaired) electrons. The average molecular weight is 289 g/mol. The van der Waals surface area contributed by atoms with Crippen LogP contribution in [0.2, 0.25) is 0 Å². The van der Waals surface area contributed by atoms with E-state index in [1.54, 1.807) is 0 Å². The Morgan fingerprint density at radius 2 is 2.05 bits per heavy atom. The van der Waals surface area contributed by atoms with Crippen LogP contribution in [0.1, 0.15) is 25.3 Å². The first kappa shape index (κ1) is 17.0. The van der Waals surface area contributed by atoms with Gasteiger partial charge < -0.3 is 10.5 Å². The number of primary amides is 1. The minimum atomic E-state index is -0.313. The molecule has 0 aliphatic carbocycles. The molecule has 1 aromatic carbocycles. The fourth-order valence-electron chi connectivity index (χ4n) is 1.96. The second kappa shape index (κ2) is 9.78. The summed E-state index contributed by atoms with van der Waals surface area (Å²) in [6.07, 6.45) is 2.52. The Balaban J connectivity index is 2.38. The summed E-state index contributed by atoms with van der Waals surface area (Å²) in [7, 11) is 0. The SMILES string of the molecule is CCCCN(CCOc1ccc(CC#N)cc1)CC(N)=O. The van der Waals surface area contributed by atoms with Crippen LogP contribution in [0.3, 0.4) is 0 Å². The van der Waals surface area contributed by atoms with Crippen molar-refractivity contribution in [3.8, 4) is 11.8 Å². The molecular weight excluding hydrogens is 266 g/mol.